The molecule has 0 saturated carbocycles. The Morgan fingerprint density at radius 3 is 1.12 bits per heavy atom. The van der Waals surface area contributed by atoms with Gasteiger partial charge in [0.1, 0.15) is 0 Å². The predicted octanol–water partition coefficient (Wildman–Crippen LogP) is -3.68. The summed E-state index contributed by atoms with van der Waals surface area (Å²) >= 11 is 0. The molecule has 0 aromatic rings. The topological polar surface area (TPSA) is 77.8 Å². The van der Waals surface area contributed by atoms with Gasteiger partial charge in [-0.05, 0) is 0 Å². The fourth-order valence-corrected chi connectivity index (χ4v) is 0. The van der Waals surface area contributed by atoms with Crippen LogP contribution in [0.25, 0.3) is 0 Å². The molecular formula is H9MgO4PSnSr. The fraction of sp³-hybridized carbons (Fsp3) is 0. The van der Waals surface area contributed by atoms with Crippen LogP contribution in [0.3, 0.4) is 0 Å². The Morgan fingerprint density at radius 2 is 1.12 bits per heavy atom. The fourth-order valence-electron chi connectivity index (χ4n) is 0. The average Bonchev–Trinajstić information content (AvgIpc) is 0.722. The zero-order valence-corrected chi connectivity index (χ0v) is 7.83. The van der Waals surface area contributed by atoms with Gasteiger partial charge in [0.25, 0.3) is 0 Å². The Labute approximate surface area is 117 Å². The van der Waals surface area contributed by atoms with Gasteiger partial charge in [-0.25, -0.2) is 4.57 Å². The molecule has 3 N–H and O–H groups in total. The van der Waals surface area contributed by atoms with Crippen molar-refractivity contribution < 1.29 is 19.2 Å². The van der Waals surface area contributed by atoms with E-state index in [9.17, 15) is 0 Å². The van der Waals surface area contributed by atoms with Gasteiger partial charge in [0, 0.05) is 0 Å². The first kappa shape index (κ1) is 22.5. The molecule has 0 saturated heterocycles. The first-order valence-corrected chi connectivity index (χ1v) is 2.35. The molecule has 0 unspecified atom stereocenters. The van der Waals surface area contributed by atoms with E-state index in [-0.39, 0.29) is 92.4 Å². The van der Waals surface area contributed by atoms with E-state index in [0.29, 0.717) is 0 Å². The van der Waals surface area contributed by atoms with Gasteiger partial charge in [-0.3, -0.25) is 0 Å². The summed E-state index contributed by atoms with van der Waals surface area (Å²) in [6.07, 6.45) is 0. The van der Waals surface area contributed by atoms with Crippen LogP contribution in [-0.2, 0) is 4.57 Å². The van der Waals surface area contributed by atoms with Crippen LogP contribution >= 0.6 is 7.82 Å². The first-order chi connectivity index (χ1) is 2.00. The van der Waals surface area contributed by atoms with Crippen molar-refractivity contribution in [3.05, 3.63) is 0 Å². The second-order valence-corrected chi connectivity index (χ2v) is 1.54. The summed E-state index contributed by atoms with van der Waals surface area (Å²) < 4.78 is 8.88. The van der Waals surface area contributed by atoms with Crippen molar-refractivity contribution in [2.75, 3.05) is 0 Å². The van der Waals surface area contributed by atoms with Gasteiger partial charge in [0.2, 0.25) is 0 Å². The standard InChI is InChI=1S/Mg.H3O4P.Sn.Sr.6H/c;1-5(2,3)4;;;;;;;;/h;(H3,1,2,3,4);;;;;;;;. The van der Waals surface area contributed by atoms with Gasteiger partial charge in [0.05, 0.1) is 0 Å². The van der Waals surface area contributed by atoms with Crippen molar-refractivity contribution in [2.45, 2.75) is 0 Å². The summed E-state index contributed by atoms with van der Waals surface area (Å²) in [6, 6.07) is 0. The van der Waals surface area contributed by atoms with E-state index >= 15 is 0 Å². The van der Waals surface area contributed by atoms with Crippen molar-refractivity contribution in [2.24, 2.45) is 0 Å². The van der Waals surface area contributed by atoms with E-state index in [0.717, 1.165) is 0 Å². The van der Waals surface area contributed by atoms with E-state index in [1.807, 2.05) is 0 Å². The maximum absolute atomic E-state index is 8.88. The summed E-state index contributed by atoms with van der Waals surface area (Å²) in [6.45, 7) is 0. The minimum absolute atomic E-state index is 0. The van der Waals surface area contributed by atoms with Gasteiger partial charge in [-0.1, -0.05) is 0 Å². The molecule has 8 heteroatoms. The number of hydrogen-bond donors (Lipinski definition) is 3. The van der Waals surface area contributed by atoms with Crippen LogP contribution in [0.5, 0.6) is 0 Å². The van der Waals surface area contributed by atoms with E-state index in [4.69, 9.17) is 19.2 Å². The molecule has 0 amide bonds. The Hall–Kier alpha value is 3.16. The van der Waals surface area contributed by atoms with Gasteiger partial charge in [-0.2, -0.15) is 0 Å². The number of phosphoric acid groups is 1. The zero-order chi connectivity index (χ0) is 4.50. The molecule has 0 spiro atoms. The molecule has 0 aliphatic rings. The molecule has 0 aromatic carbocycles. The van der Waals surface area contributed by atoms with Crippen molar-refractivity contribution in [3.63, 3.8) is 0 Å². The van der Waals surface area contributed by atoms with Crippen LogP contribution in [0.2, 0.25) is 0 Å². The molecule has 0 fully saturated rings. The van der Waals surface area contributed by atoms with E-state index in [1.165, 1.54) is 0 Å². The molecule has 0 aliphatic carbocycles. The van der Waals surface area contributed by atoms with Crippen LogP contribution in [0, 0.1) is 0 Å². The monoisotopic (exact) mass is 336 g/mol. The van der Waals surface area contributed by atoms with Crippen LogP contribution in [0.15, 0.2) is 0 Å². The summed E-state index contributed by atoms with van der Waals surface area (Å²) in [5, 5.41) is 0. The summed E-state index contributed by atoms with van der Waals surface area (Å²) in [4.78, 5) is 21.6. The van der Waals surface area contributed by atoms with Crippen LogP contribution in [-0.4, -0.2) is 107 Å². The van der Waals surface area contributed by atoms with Crippen molar-refractivity contribution in [1.29, 1.82) is 0 Å². The minimum atomic E-state index is -4.64. The molecule has 0 bridgehead atoms. The maximum atomic E-state index is 8.88. The van der Waals surface area contributed by atoms with Gasteiger partial charge in [0.15, 0.2) is 0 Å². The first-order valence-electron chi connectivity index (χ1n) is 0.783. The van der Waals surface area contributed by atoms with Crippen molar-refractivity contribution >= 4 is 100 Å². The quantitative estimate of drug-likeness (QED) is 0.315. The van der Waals surface area contributed by atoms with E-state index < -0.39 is 7.82 Å². The Kier molecular flexibility index (Phi) is 28.5. The van der Waals surface area contributed by atoms with Gasteiger partial charge < -0.3 is 14.7 Å². The molecule has 0 rings (SSSR count). The normalized spacial score (nSPS) is 7.38. The Bertz CT molecular complexity index is 62.2. The van der Waals surface area contributed by atoms with Crippen molar-refractivity contribution in [3.8, 4) is 0 Å². The SMILES string of the molecule is O=P(O)(O)O.[MgH2].[SnH2].[SrH2]. The number of hydrogen-bond acceptors (Lipinski definition) is 1. The third kappa shape index (κ3) is 61.2. The summed E-state index contributed by atoms with van der Waals surface area (Å²) in [5.41, 5.74) is 0. The van der Waals surface area contributed by atoms with Crippen molar-refractivity contribution in [1.82, 2.24) is 0 Å². The predicted molar refractivity (Wildman–Crippen MR) is 39.9 cm³/mol. The van der Waals surface area contributed by atoms with Gasteiger partial charge >= 0.3 is 100 Å². The second kappa shape index (κ2) is 10.2. The average molecular weight is 335 g/mol. The zero-order valence-electron chi connectivity index (χ0n) is 2.90. The molecule has 0 aromatic heterocycles. The molecule has 2 radical (unpaired) electrons. The molecular weight excluding hydrogens is 326 g/mol. The van der Waals surface area contributed by atoms with Crippen LogP contribution < -0.4 is 0 Å². The Morgan fingerprint density at radius 1 is 1.12 bits per heavy atom. The molecule has 0 atom stereocenters. The molecule has 8 heavy (non-hydrogen) atoms. The van der Waals surface area contributed by atoms with E-state index in [1.54, 1.807) is 0 Å². The molecule has 4 nitrogen and oxygen atoms in total. The molecule has 0 heterocycles. The number of rotatable bonds is 0. The summed E-state index contributed by atoms with van der Waals surface area (Å²) in [5.74, 6) is 0. The third-order valence-corrected chi connectivity index (χ3v) is 0. The summed E-state index contributed by atoms with van der Waals surface area (Å²) in [7, 11) is -4.64. The van der Waals surface area contributed by atoms with E-state index in [2.05, 4.69) is 0 Å². The third-order valence-electron chi connectivity index (χ3n) is 0. The second-order valence-electron chi connectivity index (χ2n) is 0.513. The molecule has 0 aliphatic heterocycles. The Balaban J connectivity index is -0.0000000267. The van der Waals surface area contributed by atoms with Gasteiger partial charge in [-0.15, -0.1) is 0 Å². The molecule has 46 valence electrons. The van der Waals surface area contributed by atoms with Crippen LogP contribution in [0.1, 0.15) is 0 Å². The van der Waals surface area contributed by atoms with Crippen LogP contribution in [0.4, 0.5) is 0 Å².